The average Bonchev–Trinajstić information content (AvgIpc) is 2.40. The maximum absolute atomic E-state index is 10.0. The van der Waals surface area contributed by atoms with Crippen LogP contribution in [0.25, 0.3) is 11.1 Å². The largest absolute Gasteiger partial charge is 0.508 e. The van der Waals surface area contributed by atoms with Crippen LogP contribution in [0, 0.1) is 0 Å². The van der Waals surface area contributed by atoms with E-state index in [2.05, 4.69) is 6.58 Å². The summed E-state index contributed by atoms with van der Waals surface area (Å²) < 4.78 is 0. The molecule has 0 spiro atoms. The van der Waals surface area contributed by atoms with E-state index in [4.69, 9.17) is 0 Å². The van der Waals surface area contributed by atoms with Gasteiger partial charge in [-0.25, -0.2) is 0 Å². The van der Waals surface area contributed by atoms with Crippen molar-refractivity contribution in [3.63, 3.8) is 0 Å². The maximum Gasteiger partial charge on any atom is 0.115 e. The highest BCUT2D eigenvalue weighted by atomic mass is 16.3. The molecule has 0 aliphatic rings. The number of benzene rings is 2. The van der Waals surface area contributed by atoms with Crippen molar-refractivity contribution in [2.75, 3.05) is 0 Å². The Bertz CT molecular complexity index is 536. The number of aromatic hydroxyl groups is 1. The molecule has 92 valence electrons. The zero-order chi connectivity index (χ0) is 13.2. The monoisotopic (exact) mass is 240 g/mol. The minimum absolute atomic E-state index is 0.255. The summed E-state index contributed by atoms with van der Waals surface area (Å²) in [4.78, 5) is 0. The van der Waals surface area contributed by atoms with Gasteiger partial charge in [-0.05, 0) is 35.7 Å². The Morgan fingerprint density at radius 3 is 1.83 bits per heavy atom. The predicted octanol–water partition coefficient (Wildman–Crippen LogP) is 3.45. The number of phenolic OH excluding ortho intramolecular Hbond substituents is 1. The van der Waals surface area contributed by atoms with E-state index >= 15 is 0 Å². The first kappa shape index (κ1) is 12.4. The Morgan fingerprint density at radius 2 is 1.39 bits per heavy atom. The van der Waals surface area contributed by atoms with Crippen molar-refractivity contribution in [3.05, 3.63) is 66.7 Å². The molecule has 2 N–H and O–H groups in total. The lowest BCUT2D eigenvalue weighted by atomic mass is 9.94. The Hall–Kier alpha value is -2.06. The van der Waals surface area contributed by atoms with Crippen LogP contribution in [0.3, 0.4) is 0 Å². The van der Waals surface area contributed by atoms with Crippen LogP contribution in [0.2, 0.25) is 0 Å². The second-order valence-electron chi connectivity index (χ2n) is 4.48. The van der Waals surface area contributed by atoms with Crippen molar-refractivity contribution in [1.29, 1.82) is 0 Å². The average molecular weight is 240 g/mol. The third-order valence-electron chi connectivity index (χ3n) is 3.07. The van der Waals surface area contributed by atoms with E-state index in [1.165, 1.54) is 6.08 Å². The summed E-state index contributed by atoms with van der Waals surface area (Å²) in [6, 6.07) is 14.7. The van der Waals surface area contributed by atoms with E-state index in [1.807, 2.05) is 36.4 Å². The first-order valence-electron chi connectivity index (χ1n) is 5.79. The van der Waals surface area contributed by atoms with Crippen molar-refractivity contribution in [3.8, 4) is 16.9 Å². The minimum atomic E-state index is -1.01. The molecule has 0 aliphatic heterocycles. The van der Waals surface area contributed by atoms with Crippen molar-refractivity contribution in [1.82, 2.24) is 0 Å². The van der Waals surface area contributed by atoms with Crippen molar-refractivity contribution in [2.45, 2.75) is 12.5 Å². The number of rotatable bonds is 3. The molecule has 0 saturated carbocycles. The molecule has 0 aromatic heterocycles. The van der Waals surface area contributed by atoms with Crippen LogP contribution in [0.4, 0.5) is 0 Å². The van der Waals surface area contributed by atoms with Gasteiger partial charge >= 0.3 is 0 Å². The fraction of sp³-hybridized carbons (Fsp3) is 0.125. The Kier molecular flexibility index (Phi) is 3.21. The zero-order valence-electron chi connectivity index (χ0n) is 10.3. The fourth-order valence-electron chi connectivity index (χ4n) is 1.77. The summed E-state index contributed by atoms with van der Waals surface area (Å²) in [7, 11) is 0. The van der Waals surface area contributed by atoms with Gasteiger partial charge in [0.2, 0.25) is 0 Å². The molecule has 2 aromatic carbocycles. The lowest BCUT2D eigenvalue weighted by Crippen LogP contribution is -2.16. The number of phenols is 1. The molecule has 1 unspecified atom stereocenters. The summed E-state index contributed by atoms with van der Waals surface area (Å²) in [5, 5.41) is 19.3. The normalized spacial score (nSPS) is 13.9. The number of hydrogen-bond donors (Lipinski definition) is 2. The second-order valence-corrected chi connectivity index (χ2v) is 4.48. The third-order valence-corrected chi connectivity index (χ3v) is 3.07. The van der Waals surface area contributed by atoms with Crippen molar-refractivity contribution in [2.24, 2.45) is 0 Å². The van der Waals surface area contributed by atoms with E-state index in [1.54, 1.807) is 19.1 Å². The van der Waals surface area contributed by atoms with E-state index in [-0.39, 0.29) is 5.75 Å². The quantitative estimate of drug-likeness (QED) is 0.807. The van der Waals surface area contributed by atoms with Crippen LogP contribution >= 0.6 is 0 Å². The number of aliphatic hydroxyl groups is 1. The summed E-state index contributed by atoms with van der Waals surface area (Å²) in [5.41, 5.74) is 1.87. The SMILES string of the molecule is C=CC(C)(O)c1ccc(-c2ccc(O)cc2)cc1. The van der Waals surface area contributed by atoms with Gasteiger partial charge in [0.25, 0.3) is 0 Å². The summed E-state index contributed by atoms with van der Waals surface area (Å²) in [6.45, 7) is 5.33. The Morgan fingerprint density at radius 1 is 0.944 bits per heavy atom. The minimum Gasteiger partial charge on any atom is -0.508 e. The lowest BCUT2D eigenvalue weighted by molar-refractivity contribution is 0.111. The molecular weight excluding hydrogens is 224 g/mol. The van der Waals surface area contributed by atoms with Gasteiger partial charge in [-0.2, -0.15) is 0 Å². The highest BCUT2D eigenvalue weighted by Crippen LogP contribution is 2.26. The molecule has 18 heavy (non-hydrogen) atoms. The summed E-state index contributed by atoms with van der Waals surface area (Å²) >= 11 is 0. The van der Waals surface area contributed by atoms with Crippen molar-refractivity contribution < 1.29 is 10.2 Å². The summed E-state index contributed by atoms with van der Waals surface area (Å²) in [6.07, 6.45) is 1.52. The first-order valence-corrected chi connectivity index (χ1v) is 5.79. The first-order chi connectivity index (χ1) is 8.53. The predicted molar refractivity (Wildman–Crippen MR) is 73.3 cm³/mol. The van der Waals surface area contributed by atoms with Crippen LogP contribution in [0.5, 0.6) is 5.75 Å². The van der Waals surface area contributed by atoms with Crippen LogP contribution in [0.15, 0.2) is 61.2 Å². The van der Waals surface area contributed by atoms with Gasteiger partial charge in [0.1, 0.15) is 11.4 Å². The van der Waals surface area contributed by atoms with E-state index in [9.17, 15) is 10.2 Å². The Balaban J connectivity index is 2.33. The van der Waals surface area contributed by atoms with Gasteiger partial charge in [0, 0.05) is 0 Å². The van der Waals surface area contributed by atoms with Gasteiger partial charge in [0.15, 0.2) is 0 Å². The second kappa shape index (κ2) is 4.67. The molecular formula is C16H16O2. The lowest BCUT2D eigenvalue weighted by Gasteiger charge is -2.19. The van der Waals surface area contributed by atoms with Crippen molar-refractivity contribution >= 4 is 0 Å². The molecule has 0 saturated heterocycles. The smallest absolute Gasteiger partial charge is 0.115 e. The van der Waals surface area contributed by atoms with E-state index < -0.39 is 5.60 Å². The molecule has 2 heteroatoms. The standard InChI is InChI=1S/C16H16O2/c1-3-16(2,18)14-8-4-12(5-9-14)13-6-10-15(17)11-7-13/h3-11,17-18H,1H2,2H3. The number of hydrogen-bond acceptors (Lipinski definition) is 2. The topological polar surface area (TPSA) is 40.5 Å². The zero-order valence-corrected chi connectivity index (χ0v) is 10.3. The van der Waals surface area contributed by atoms with Crippen LogP contribution < -0.4 is 0 Å². The Labute approximate surface area is 107 Å². The highest BCUT2D eigenvalue weighted by molar-refractivity contribution is 5.64. The molecule has 0 heterocycles. The van der Waals surface area contributed by atoms with Gasteiger partial charge < -0.3 is 10.2 Å². The maximum atomic E-state index is 10.0. The summed E-state index contributed by atoms with van der Waals surface area (Å²) in [5.74, 6) is 0.255. The van der Waals surface area contributed by atoms with Gasteiger partial charge in [-0.15, -0.1) is 0 Å². The van der Waals surface area contributed by atoms with Crippen LogP contribution in [0.1, 0.15) is 12.5 Å². The molecule has 2 aromatic rings. The highest BCUT2D eigenvalue weighted by Gasteiger charge is 2.17. The van der Waals surface area contributed by atoms with Crippen LogP contribution in [-0.4, -0.2) is 10.2 Å². The third kappa shape index (κ3) is 2.44. The molecule has 0 radical (unpaired) electrons. The fourth-order valence-corrected chi connectivity index (χ4v) is 1.77. The van der Waals surface area contributed by atoms with E-state index in [0.717, 1.165) is 16.7 Å². The van der Waals surface area contributed by atoms with Crippen LogP contribution in [-0.2, 0) is 5.60 Å². The van der Waals surface area contributed by atoms with E-state index in [0.29, 0.717) is 0 Å². The van der Waals surface area contributed by atoms with Gasteiger partial charge in [0.05, 0.1) is 0 Å². The van der Waals surface area contributed by atoms with Gasteiger partial charge in [-0.3, -0.25) is 0 Å². The molecule has 0 fully saturated rings. The molecule has 0 bridgehead atoms. The molecule has 0 aliphatic carbocycles. The molecule has 2 rings (SSSR count). The molecule has 1 atom stereocenters. The molecule has 0 amide bonds. The molecule has 2 nitrogen and oxygen atoms in total. The van der Waals surface area contributed by atoms with Gasteiger partial charge in [-0.1, -0.05) is 49.1 Å².